The number of nitrogens with zero attached hydrogens (tertiary/aromatic N) is 1. The van der Waals surface area contributed by atoms with Crippen LogP contribution in [0, 0.1) is 10.1 Å². The number of nitro groups is 1. The van der Waals surface area contributed by atoms with Gasteiger partial charge in [0.15, 0.2) is 0 Å². The Labute approximate surface area is 95.8 Å². The lowest BCUT2D eigenvalue weighted by molar-refractivity contribution is -0.384. The lowest BCUT2D eigenvalue weighted by atomic mass is 10.1. The molecule has 0 heterocycles. The number of hydrogen-bond donors (Lipinski definition) is 1. The quantitative estimate of drug-likeness (QED) is 0.594. The second kappa shape index (κ2) is 6.23. The van der Waals surface area contributed by atoms with E-state index in [1.54, 1.807) is 12.1 Å². The zero-order valence-electron chi connectivity index (χ0n) is 9.77. The van der Waals surface area contributed by atoms with Gasteiger partial charge in [0.25, 0.3) is 5.69 Å². The van der Waals surface area contributed by atoms with E-state index in [0.29, 0.717) is 6.04 Å². The standard InChI is InChI=1S/C12H18N2O2/c1-3-13-10(2)7-8-11-5-4-6-12(9-11)14(15)16/h4-6,9-10,13H,3,7-8H2,1-2H3. The first-order chi connectivity index (χ1) is 7.63. The minimum atomic E-state index is -0.350. The van der Waals surface area contributed by atoms with Crippen molar-refractivity contribution in [2.24, 2.45) is 0 Å². The van der Waals surface area contributed by atoms with Crippen molar-refractivity contribution < 1.29 is 4.92 Å². The Kier molecular flexibility index (Phi) is 4.92. The number of aryl methyl sites for hydroxylation is 1. The fourth-order valence-corrected chi connectivity index (χ4v) is 1.66. The van der Waals surface area contributed by atoms with Crippen molar-refractivity contribution in [3.05, 3.63) is 39.9 Å². The lowest BCUT2D eigenvalue weighted by Gasteiger charge is -2.11. The highest BCUT2D eigenvalue weighted by Crippen LogP contribution is 2.14. The molecule has 1 aromatic rings. The van der Waals surface area contributed by atoms with Crippen molar-refractivity contribution in [3.63, 3.8) is 0 Å². The first kappa shape index (κ1) is 12.6. The SMILES string of the molecule is CCNC(C)CCc1cccc([N+](=O)[O-])c1. The van der Waals surface area contributed by atoms with Crippen LogP contribution in [-0.4, -0.2) is 17.5 Å². The Morgan fingerprint density at radius 1 is 1.50 bits per heavy atom. The summed E-state index contributed by atoms with van der Waals surface area (Å²) >= 11 is 0. The van der Waals surface area contributed by atoms with Crippen molar-refractivity contribution in [2.75, 3.05) is 6.54 Å². The number of benzene rings is 1. The summed E-state index contributed by atoms with van der Waals surface area (Å²) in [5.74, 6) is 0. The first-order valence-electron chi connectivity index (χ1n) is 5.60. The van der Waals surface area contributed by atoms with Gasteiger partial charge in [-0.05, 0) is 31.9 Å². The number of nitro benzene ring substituents is 1. The fourth-order valence-electron chi connectivity index (χ4n) is 1.66. The van der Waals surface area contributed by atoms with Crippen LogP contribution in [0.15, 0.2) is 24.3 Å². The maximum Gasteiger partial charge on any atom is 0.269 e. The average Bonchev–Trinajstić information content (AvgIpc) is 2.27. The molecule has 1 unspecified atom stereocenters. The van der Waals surface area contributed by atoms with E-state index in [-0.39, 0.29) is 10.6 Å². The molecule has 1 N–H and O–H groups in total. The summed E-state index contributed by atoms with van der Waals surface area (Å²) in [4.78, 5) is 10.2. The second-order valence-corrected chi connectivity index (χ2v) is 3.92. The Morgan fingerprint density at radius 2 is 2.25 bits per heavy atom. The van der Waals surface area contributed by atoms with Gasteiger partial charge in [-0.15, -0.1) is 0 Å². The van der Waals surface area contributed by atoms with Crippen LogP contribution in [0.5, 0.6) is 0 Å². The van der Waals surface area contributed by atoms with E-state index >= 15 is 0 Å². The number of rotatable bonds is 6. The van der Waals surface area contributed by atoms with Gasteiger partial charge in [-0.3, -0.25) is 10.1 Å². The Hall–Kier alpha value is -1.42. The molecule has 1 rings (SSSR count). The molecule has 0 spiro atoms. The Morgan fingerprint density at radius 3 is 2.88 bits per heavy atom. The molecule has 88 valence electrons. The highest BCUT2D eigenvalue weighted by atomic mass is 16.6. The summed E-state index contributed by atoms with van der Waals surface area (Å²) in [6.45, 7) is 5.15. The van der Waals surface area contributed by atoms with Crippen LogP contribution in [0.25, 0.3) is 0 Å². The molecular weight excluding hydrogens is 204 g/mol. The van der Waals surface area contributed by atoms with E-state index in [1.807, 2.05) is 6.07 Å². The zero-order valence-corrected chi connectivity index (χ0v) is 9.77. The van der Waals surface area contributed by atoms with E-state index < -0.39 is 0 Å². The van der Waals surface area contributed by atoms with Crippen LogP contribution in [0.2, 0.25) is 0 Å². The van der Waals surface area contributed by atoms with E-state index in [9.17, 15) is 10.1 Å². The monoisotopic (exact) mass is 222 g/mol. The van der Waals surface area contributed by atoms with E-state index in [2.05, 4.69) is 19.2 Å². The molecule has 0 fully saturated rings. The van der Waals surface area contributed by atoms with E-state index in [0.717, 1.165) is 24.9 Å². The van der Waals surface area contributed by atoms with Gasteiger partial charge in [-0.2, -0.15) is 0 Å². The fraction of sp³-hybridized carbons (Fsp3) is 0.500. The third-order valence-corrected chi connectivity index (χ3v) is 2.54. The van der Waals surface area contributed by atoms with E-state index in [4.69, 9.17) is 0 Å². The zero-order chi connectivity index (χ0) is 12.0. The maximum absolute atomic E-state index is 10.6. The van der Waals surface area contributed by atoms with Gasteiger partial charge in [0.2, 0.25) is 0 Å². The highest BCUT2D eigenvalue weighted by Gasteiger charge is 2.06. The van der Waals surface area contributed by atoms with Gasteiger partial charge < -0.3 is 5.32 Å². The van der Waals surface area contributed by atoms with Gasteiger partial charge in [0.1, 0.15) is 0 Å². The molecule has 4 nitrogen and oxygen atoms in total. The van der Waals surface area contributed by atoms with Gasteiger partial charge in [0, 0.05) is 18.2 Å². The molecule has 0 radical (unpaired) electrons. The van der Waals surface area contributed by atoms with Crippen molar-refractivity contribution in [1.29, 1.82) is 0 Å². The number of nitrogens with one attached hydrogen (secondary N) is 1. The van der Waals surface area contributed by atoms with Crippen molar-refractivity contribution >= 4 is 5.69 Å². The van der Waals surface area contributed by atoms with Gasteiger partial charge in [-0.25, -0.2) is 0 Å². The summed E-state index contributed by atoms with van der Waals surface area (Å²) in [5, 5.41) is 13.9. The third-order valence-electron chi connectivity index (χ3n) is 2.54. The lowest BCUT2D eigenvalue weighted by Crippen LogP contribution is -2.25. The topological polar surface area (TPSA) is 55.2 Å². The molecule has 0 aliphatic rings. The molecule has 1 atom stereocenters. The summed E-state index contributed by atoms with van der Waals surface area (Å²) in [6, 6.07) is 7.30. The smallest absolute Gasteiger partial charge is 0.269 e. The molecule has 1 aromatic carbocycles. The molecule has 0 aliphatic heterocycles. The summed E-state index contributed by atoms with van der Waals surface area (Å²) in [5.41, 5.74) is 1.20. The van der Waals surface area contributed by atoms with Crippen molar-refractivity contribution in [2.45, 2.75) is 32.7 Å². The molecular formula is C12H18N2O2. The second-order valence-electron chi connectivity index (χ2n) is 3.92. The van der Waals surface area contributed by atoms with Crippen LogP contribution in [-0.2, 0) is 6.42 Å². The first-order valence-corrected chi connectivity index (χ1v) is 5.60. The Balaban J connectivity index is 2.54. The minimum Gasteiger partial charge on any atom is -0.315 e. The molecule has 4 heteroatoms. The van der Waals surface area contributed by atoms with Crippen LogP contribution in [0.1, 0.15) is 25.8 Å². The van der Waals surface area contributed by atoms with Crippen LogP contribution in [0.4, 0.5) is 5.69 Å². The van der Waals surface area contributed by atoms with Gasteiger partial charge >= 0.3 is 0 Å². The number of non-ortho nitro benzene ring substituents is 1. The largest absolute Gasteiger partial charge is 0.315 e. The molecule has 0 aliphatic carbocycles. The number of hydrogen-bond acceptors (Lipinski definition) is 3. The summed E-state index contributed by atoms with van der Waals surface area (Å²) < 4.78 is 0. The van der Waals surface area contributed by atoms with Crippen molar-refractivity contribution in [1.82, 2.24) is 5.32 Å². The summed E-state index contributed by atoms with van der Waals surface area (Å²) in [6.07, 6.45) is 1.87. The Bertz CT molecular complexity index is 353. The van der Waals surface area contributed by atoms with Gasteiger partial charge in [-0.1, -0.05) is 19.1 Å². The van der Waals surface area contributed by atoms with Crippen LogP contribution in [0.3, 0.4) is 0 Å². The molecule has 0 saturated heterocycles. The predicted octanol–water partition coefficient (Wildman–Crippen LogP) is 2.53. The van der Waals surface area contributed by atoms with E-state index in [1.165, 1.54) is 6.07 Å². The molecule has 0 amide bonds. The predicted molar refractivity (Wildman–Crippen MR) is 64.6 cm³/mol. The van der Waals surface area contributed by atoms with Crippen LogP contribution >= 0.6 is 0 Å². The van der Waals surface area contributed by atoms with Crippen LogP contribution < -0.4 is 5.32 Å². The van der Waals surface area contributed by atoms with Gasteiger partial charge in [0.05, 0.1) is 4.92 Å². The summed E-state index contributed by atoms with van der Waals surface area (Å²) in [7, 11) is 0. The molecule has 0 bridgehead atoms. The maximum atomic E-state index is 10.6. The minimum absolute atomic E-state index is 0.175. The average molecular weight is 222 g/mol. The third kappa shape index (κ3) is 3.98. The molecule has 16 heavy (non-hydrogen) atoms. The normalized spacial score (nSPS) is 12.4. The highest BCUT2D eigenvalue weighted by molar-refractivity contribution is 5.34. The molecule has 0 saturated carbocycles. The molecule has 0 aromatic heterocycles. The van der Waals surface area contributed by atoms with Crippen molar-refractivity contribution in [3.8, 4) is 0 Å².